The SMILES string of the molecule is CN(C(=O)c1ccc(=O)[nH]n1)C1(C(=O)O)CCCCC1. The Morgan fingerprint density at radius 2 is 1.95 bits per heavy atom. The summed E-state index contributed by atoms with van der Waals surface area (Å²) in [6.45, 7) is 0. The van der Waals surface area contributed by atoms with Crippen molar-refractivity contribution in [2.75, 3.05) is 7.05 Å². The van der Waals surface area contributed by atoms with Gasteiger partial charge in [-0.25, -0.2) is 9.89 Å². The molecule has 1 aromatic rings. The highest BCUT2D eigenvalue weighted by molar-refractivity contribution is 5.96. The first kappa shape index (κ1) is 14.2. The lowest BCUT2D eigenvalue weighted by Gasteiger charge is -2.40. The molecule has 20 heavy (non-hydrogen) atoms. The maximum absolute atomic E-state index is 12.3. The van der Waals surface area contributed by atoms with E-state index < -0.39 is 23.0 Å². The molecule has 0 bridgehead atoms. The first-order chi connectivity index (χ1) is 9.47. The number of amides is 1. The fourth-order valence-corrected chi connectivity index (χ4v) is 2.66. The molecule has 1 saturated carbocycles. The predicted molar refractivity (Wildman–Crippen MR) is 70.4 cm³/mol. The van der Waals surface area contributed by atoms with Crippen LogP contribution in [-0.4, -0.2) is 44.7 Å². The molecule has 7 nitrogen and oxygen atoms in total. The molecule has 0 aromatic carbocycles. The number of carbonyl (C=O) groups is 2. The Kier molecular flexibility index (Phi) is 3.87. The Balaban J connectivity index is 2.29. The number of aliphatic carboxylic acids is 1. The Morgan fingerprint density at radius 3 is 2.45 bits per heavy atom. The minimum Gasteiger partial charge on any atom is -0.479 e. The number of carboxylic acid groups (broad SMARTS) is 1. The number of nitrogens with zero attached hydrogens (tertiary/aromatic N) is 2. The second kappa shape index (κ2) is 5.44. The summed E-state index contributed by atoms with van der Waals surface area (Å²) in [5, 5.41) is 15.4. The van der Waals surface area contributed by atoms with Crippen LogP contribution in [0.2, 0.25) is 0 Å². The molecule has 7 heteroatoms. The Bertz CT molecular complexity index is 555. The van der Waals surface area contributed by atoms with E-state index in [1.165, 1.54) is 24.1 Å². The fourth-order valence-electron chi connectivity index (χ4n) is 2.66. The second-order valence-corrected chi connectivity index (χ2v) is 5.07. The smallest absolute Gasteiger partial charge is 0.329 e. The summed E-state index contributed by atoms with van der Waals surface area (Å²) in [7, 11) is 1.48. The molecule has 1 aliphatic carbocycles. The van der Waals surface area contributed by atoms with E-state index in [0.29, 0.717) is 12.8 Å². The van der Waals surface area contributed by atoms with Crippen molar-refractivity contribution in [3.63, 3.8) is 0 Å². The lowest BCUT2D eigenvalue weighted by Crippen LogP contribution is -2.56. The second-order valence-electron chi connectivity index (χ2n) is 5.07. The molecule has 0 saturated heterocycles. The van der Waals surface area contributed by atoms with E-state index in [-0.39, 0.29) is 5.69 Å². The molecule has 1 heterocycles. The van der Waals surface area contributed by atoms with Gasteiger partial charge < -0.3 is 10.0 Å². The third-order valence-corrected chi connectivity index (χ3v) is 3.92. The highest BCUT2D eigenvalue weighted by Crippen LogP contribution is 2.33. The zero-order valence-electron chi connectivity index (χ0n) is 11.3. The van der Waals surface area contributed by atoms with Gasteiger partial charge in [0.05, 0.1) is 0 Å². The number of carbonyl (C=O) groups excluding carboxylic acids is 1. The number of hydrogen-bond acceptors (Lipinski definition) is 4. The summed E-state index contributed by atoms with van der Waals surface area (Å²) in [6, 6.07) is 2.50. The van der Waals surface area contributed by atoms with Crippen LogP contribution in [0.1, 0.15) is 42.6 Å². The quantitative estimate of drug-likeness (QED) is 0.844. The molecule has 1 aliphatic rings. The highest BCUT2D eigenvalue weighted by atomic mass is 16.4. The van der Waals surface area contributed by atoms with Crippen LogP contribution in [0, 0.1) is 0 Å². The standard InChI is InChI=1S/C13H17N3O4/c1-16(11(18)9-5-6-10(17)15-14-9)13(12(19)20)7-3-2-4-8-13/h5-6H,2-4,7-8H2,1H3,(H,15,17)(H,19,20). The van der Waals surface area contributed by atoms with E-state index in [4.69, 9.17) is 0 Å². The van der Waals surface area contributed by atoms with Gasteiger partial charge in [0.2, 0.25) is 0 Å². The largest absolute Gasteiger partial charge is 0.479 e. The molecule has 108 valence electrons. The first-order valence-corrected chi connectivity index (χ1v) is 6.55. The van der Waals surface area contributed by atoms with Gasteiger partial charge in [-0.3, -0.25) is 9.59 Å². The van der Waals surface area contributed by atoms with Gasteiger partial charge in [-0.05, 0) is 18.9 Å². The van der Waals surface area contributed by atoms with Crippen molar-refractivity contribution in [3.8, 4) is 0 Å². The van der Waals surface area contributed by atoms with Crippen molar-refractivity contribution in [1.82, 2.24) is 15.1 Å². The number of rotatable bonds is 3. The van der Waals surface area contributed by atoms with Gasteiger partial charge in [-0.15, -0.1) is 0 Å². The van der Waals surface area contributed by atoms with Crippen LogP contribution in [0.3, 0.4) is 0 Å². The van der Waals surface area contributed by atoms with Crippen LogP contribution in [0.5, 0.6) is 0 Å². The summed E-state index contributed by atoms with van der Waals surface area (Å²) >= 11 is 0. The topological polar surface area (TPSA) is 103 Å². The molecule has 2 rings (SSSR count). The van der Waals surface area contributed by atoms with Gasteiger partial charge in [0, 0.05) is 13.1 Å². The monoisotopic (exact) mass is 279 g/mol. The number of nitrogens with one attached hydrogen (secondary N) is 1. The summed E-state index contributed by atoms with van der Waals surface area (Å²) in [5.41, 5.74) is -1.54. The lowest BCUT2D eigenvalue weighted by atomic mass is 9.80. The molecular formula is C13H17N3O4. The fraction of sp³-hybridized carbons (Fsp3) is 0.538. The molecule has 0 atom stereocenters. The molecule has 1 fully saturated rings. The number of carboxylic acids is 1. The zero-order valence-corrected chi connectivity index (χ0v) is 11.3. The third-order valence-electron chi connectivity index (χ3n) is 3.92. The molecular weight excluding hydrogens is 262 g/mol. The highest BCUT2D eigenvalue weighted by Gasteiger charge is 2.45. The van der Waals surface area contributed by atoms with Crippen molar-refractivity contribution in [1.29, 1.82) is 0 Å². The number of aromatic nitrogens is 2. The van der Waals surface area contributed by atoms with E-state index in [1.54, 1.807) is 0 Å². The van der Waals surface area contributed by atoms with E-state index in [2.05, 4.69) is 10.2 Å². The molecule has 0 unspecified atom stereocenters. The van der Waals surface area contributed by atoms with Crippen LogP contribution in [0.25, 0.3) is 0 Å². The van der Waals surface area contributed by atoms with Gasteiger partial charge in [0.25, 0.3) is 11.5 Å². The van der Waals surface area contributed by atoms with Crippen molar-refractivity contribution in [3.05, 3.63) is 28.2 Å². The molecule has 1 amide bonds. The number of hydrogen-bond donors (Lipinski definition) is 2. The van der Waals surface area contributed by atoms with Gasteiger partial charge in [0.1, 0.15) is 11.2 Å². The normalized spacial score (nSPS) is 17.4. The van der Waals surface area contributed by atoms with Gasteiger partial charge in [-0.2, -0.15) is 5.10 Å². The lowest BCUT2D eigenvalue weighted by molar-refractivity contribution is -0.151. The van der Waals surface area contributed by atoms with Crippen LogP contribution < -0.4 is 5.56 Å². The molecule has 0 aliphatic heterocycles. The van der Waals surface area contributed by atoms with Crippen LogP contribution >= 0.6 is 0 Å². The summed E-state index contributed by atoms with van der Waals surface area (Å²) in [5.74, 6) is -1.48. The minimum absolute atomic E-state index is 0.0401. The maximum atomic E-state index is 12.3. The predicted octanol–water partition coefficient (Wildman–Crippen LogP) is 0.629. The van der Waals surface area contributed by atoms with Gasteiger partial charge in [-0.1, -0.05) is 19.3 Å². The zero-order chi connectivity index (χ0) is 14.8. The number of H-pyrrole nitrogens is 1. The van der Waals surface area contributed by atoms with E-state index in [1.807, 2.05) is 0 Å². The molecule has 2 N–H and O–H groups in total. The van der Waals surface area contributed by atoms with Crippen molar-refractivity contribution < 1.29 is 14.7 Å². The van der Waals surface area contributed by atoms with E-state index >= 15 is 0 Å². The number of likely N-dealkylation sites (N-methyl/N-ethyl adjacent to an activating group) is 1. The minimum atomic E-state index is -1.17. The van der Waals surface area contributed by atoms with E-state index in [0.717, 1.165) is 19.3 Å². The first-order valence-electron chi connectivity index (χ1n) is 6.55. The maximum Gasteiger partial charge on any atom is 0.329 e. The summed E-state index contributed by atoms with van der Waals surface area (Å²) < 4.78 is 0. The van der Waals surface area contributed by atoms with Crippen molar-refractivity contribution in [2.45, 2.75) is 37.6 Å². The van der Waals surface area contributed by atoms with Crippen LogP contribution in [-0.2, 0) is 4.79 Å². The summed E-state index contributed by atoms with van der Waals surface area (Å²) in [6.07, 6.45) is 3.42. The van der Waals surface area contributed by atoms with Gasteiger partial charge in [0.15, 0.2) is 0 Å². The Morgan fingerprint density at radius 1 is 1.30 bits per heavy atom. The third kappa shape index (κ3) is 2.43. The van der Waals surface area contributed by atoms with Crippen molar-refractivity contribution >= 4 is 11.9 Å². The summed E-state index contributed by atoms with van der Waals surface area (Å²) in [4.78, 5) is 36.2. The molecule has 0 spiro atoms. The van der Waals surface area contributed by atoms with Gasteiger partial charge >= 0.3 is 5.97 Å². The van der Waals surface area contributed by atoms with E-state index in [9.17, 15) is 19.5 Å². The molecule has 1 aromatic heterocycles. The Hall–Kier alpha value is -2.18. The molecule has 0 radical (unpaired) electrons. The van der Waals surface area contributed by atoms with Crippen LogP contribution in [0.15, 0.2) is 16.9 Å². The average Bonchev–Trinajstić information content (AvgIpc) is 2.47. The average molecular weight is 279 g/mol. The van der Waals surface area contributed by atoms with Crippen molar-refractivity contribution in [2.24, 2.45) is 0 Å². The Labute approximate surface area is 115 Å². The van der Waals surface area contributed by atoms with Crippen LogP contribution in [0.4, 0.5) is 0 Å². The number of aromatic amines is 1.